The van der Waals surface area contributed by atoms with Gasteiger partial charge in [-0.1, -0.05) is 38.9 Å². The molecule has 0 heterocycles. The molecule has 0 saturated carbocycles. The third kappa shape index (κ3) is 18.1. The zero-order valence-corrected chi connectivity index (χ0v) is 20.1. The smallest absolute Gasteiger partial charge is 1.00 e. The van der Waals surface area contributed by atoms with Gasteiger partial charge in [0.25, 0.3) is 0 Å². The van der Waals surface area contributed by atoms with E-state index in [1.807, 2.05) is 0 Å². The van der Waals surface area contributed by atoms with E-state index in [0.717, 1.165) is 28.8 Å². The summed E-state index contributed by atoms with van der Waals surface area (Å²) in [5.74, 6) is -0.432. The fourth-order valence-corrected chi connectivity index (χ4v) is 1.61. The van der Waals surface area contributed by atoms with Crippen LogP contribution in [0.25, 0.3) is 16.5 Å². The molecule has 1 amide bonds. The summed E-state index contributed by atoms with van der Waals surface area (Å²) in [7, 11) is 1.08. The van der Waals surface area contributed by atoms with Crippen molar-refractivity contribution in [3.05, 3.63) is 48.2 Å². The molecule has 0 aliphatic rings. The van der Waals surface area contributed by atoms with Crippen molar-refractivity contribution in [3.8, 4) is 0 Å². The summed E-state index contributed by atoms with van der Waals surface area (Å²) in [6, 6.07) is 14.7. The van der Waals surface area contributed by atoms with Crippen LogP contribution < -0.4 is 24.8 Å². The zero-order chi connectivity index (χ0) is 15.2. The van der Waals surface area contributed by atoms with Gasteiger partial charge in [0.2, 0.25) is 0 Å². The van der Waals surface area contributed by atoms with Crippen molar-refractivity contribution in [2.24, 2.45) is 0 Å². The molecular weight excluding hydrogens is 512 g/mol. The molecule has 126 valence electrons. The van der Waals surface area contributed by atoms with Crippen molar-refractivity contribution in [2.45, 2.75) is 45.7 Å². The van der Waals surface area contributed by atoms with Gasteiger partial charge in [0.15, 0.2) is 0 Å². The Hall–Kier alpha value is -0.0330. The molecule has 2 nitrogen and oxygen atoms in total. The van der Waals surface area contributed by atoms with Crippen LogP contribution >= 0.6 is 0 Å². The zero-order valence-electron chi connectivity index (χ0n) is 14.0. The molecule has 2 aromatic carbocycles. The number of fused-ring (bicyclic) bond motifs is 1. The van der Waals surface area contributed by atoms with Crippen LogP contribution in [0.4, 0.5) is 0 Å². The van der Waals surface area contributed by atoms with Gasteiger partial charge in [-0.05, 0) is 12.8 Å². The summed E-state index contributed by atoms with van der Waals surface area (Å²) >= 11 is 0. The van der Waals surface area contributed by atoms with Crippen molar-refractivity contribution in [3.63, 3.8) is 0 Å². The number of hydrogen-bond donors (Lipinski definition) is 0. The van der Waals surface area contributed by atoms with E-state index in [2.05, 4.69) is 62.5 Å². The van der Waals surface area contributed by atoms with Crippen molar-refractivity contribution in [1.82, 2.24) is 0 Å². The summed E-state index contributed by atoms with van der Waals surface area (Å²) < 4.78 is 0. The predicted octanol–water partition coefficient (Wildman–Crippen LogP) is -0.503. The minimum Gasteiger partial charge on any atom is -1.00 e. The molecule has 2 radical (unpaired) electrons. The molecule has 0 aliphatic carbocycles. The van der Waals surface area contributed by atoms with Crippen LogP contribution in [0.15, 0.2) is 42.5 Å². The molecule has 0 saturated heterocycles. The number of hydrogen-bond acceptors (Lipinski definition) is 1. The first-order valence-electron chi connectivity index (χ1n) is 7.09. The number of carbonyl (C=O) groups is 1. The first kappa shape index (κ1) is 30.8. The van der Waals surface area contributed by atoms with E-state index in [1.54, 1.807) is 0 Å². The van der Waals surface area contributed by atoms with Crippen molar-refractivity contribution in [1.29, 1.82) is 0 Å². The van der Waals surface area contributed by atoms with E-state index in [0.29, 0.717) is 6.42 Å². The number of nitrogens with one attached hydrogen (secondary N) is 1. The molecule has 6 heteroatoms. The van der Waals surface area contributed by atoms with E-state index in [-0.39, 0.29) is 50.7 Å². The third-order valence-electron chi connectivity index (χ3n) is 2.55. The van der Waals surface area contributed by atoms with Gasteiger partial charge in [0.1, 0.15) is 0 Å². The Balaban J connectivity index is -0.000000122. The Morgan fingerprint density at radius 1 is 1.13 bits per heavy atom. The number of halogens is 2. The number of amides is 1. The average molecular weight is 537 g/mol. The second-order valence-electron chi connectivity index (χ2n) is 4.53. The van der Waals surface area contributed by atoms with Gasteiger partial charge in [-0.15, -0.1) is 29.7 Å². The SMILES string of the molecule is CCCCCC([NH-])=O.C[Si]C.[Cl-].[Cl-].[Hf+4].c1ccc2[cH-]ccc2c1. The Morgan fingerprint density at radius 2 is 1.70 bits per heavy atom. The van der Waals surface area contributed by atoms with Gasteiger partial charge in [-0.2, -0.15) is 17.5 Å². The standard InChI is InChI=1S/C9H7.C6H13NO.C2H6Si.2ClH.Hf/c1-2-5-9-7-3-6-8(9)4-1;1-2-3-4-5-6(7)8;1-3-2;;;/h1-7H;2-5H2,1H3,(H2,7,8);1-2H3;2*1H;/q-1;;;;;+4/p-3. The average Bonchev–Trinajstić information content (AvgIpc) is 2.88. The first-order chi connectivity index (χ1) is 9.65. The molecule has 0 spiro atoms. The van der Waals surface area contributed by atoms with Crippen LogP contribution in [0, 0.1) is 0 Å². The van der Waals surface area contributed by atoms with E-state index in [9.17, 15) is 4.79 Å². The molecule has 2 rings (SSSR count). The minimum absolute atomic E-state index is 0. The maximum Gasteiger partial charge on any atom is 4.00 e. The van der Waals surface area contributed by atoms with Gasteiger partial charge < -0.3 is 35.3 Å². The number of unbranched alkanes of at least 4 members (excludes halogenated alkanes) is 2. The number of carbonyl (C=O) groups excluding carboxylic acids is 1. The molecule has 2 aromatic rings. The molecule has 0 unspecified atom stereocenters. The molecule has 0 aliphatic heterocycles. The monoisotopic (exact) mass is 537 g/mol. The van der Waals surface area contributed by atoms with E-state index >= 15 is 0 Å². The summed E-state index contributed by atoms with van der Waals surface area (Å²) in [6.45, 7) is 6.38. The van der Waals surface area contributed by atoms with Crippen LogP contribution in [0.1, 0.15) is 32.6 Å². The second-order valence-corrected chi connectivity index (χ2v) is 5.53. The molecular formula is C17H25Cl2HfNOSi. The molecule has 1 N–H and O–H groups in total. The van der Waals surface area contributed by atoms with E-state index in [1.165, 1.54) is 10.8 Å². The Morgan fingerprint density at radius 3 is 2.17 bits per heavy atom. The van der Waals surface area contributed by atoms with Gasteiger partial charge in [-0.25, -0.2) is 0 Å². The molecule has 0 atom stereocenters. The molecule has 0 aromatic heterocycles. The van der Waals surface area contributed by atoms with Gasteiger partial charge in [0.05, 0.1) is 0 Å². The summed E-state index contributed by atoms with van der Waals surface area (Å²) in [5.41, 5.74) is 6.52. The van der Waals surface area contributed by atoms with E-state index < -0.39 is 5.91 Å². The topological polar surface area (TPSA) is 40.9 Å². The number of rotatable bonds is 4. The fraction of sp³-hybridized carbons (Fsp3) is 0.412. The van der Waals surface area contributed by atoms with Crippen LogP contribution in [-0.2, 0) is 30.6 Å². The maximum absolute atomic E-state index is 9.99. The Bertz CT molecular complexity index is 450. The summed E-state index contributed by atoms with van der Waals surface area (Å²) in [4.78, 5) is 9.99. The van der Waals surface area contributed by atoms with Gasteiger partial charge in [-0.3, -0.25) is 0 Å². The number of benzene rings is 1. The largest absolute Gasteiger partial charge is 4.00 e. The Kier molecular flexibility index (Phi) is 29.4. The first-order valence-corrected chi connectivity index (χ1v) is 9.09. The summed E-state index contributed by atoms with van der Waals surface area (Å²) in [5, 5.41) is 2.66. The molecule has 0 fully saturated rings. The van der Waals surface area contributed by atoms with Crippen molar-refractivity contribution >= 4 is 26.2 Å². The predicted molar refractivity (Wildman–Crippen MR) is 90.5 cm³/mol. The van der Waals surface area contributed by atoms with Crippen molar-refractivity contribution < 1.29 is 55.5 Å². The van der Waals surface area contributed by atoms with E-state index in [4.69, 9.17) is 5.73 Å². The van der Waals surface area contributed by atoms with Gasteiger partial charge >= 0.3 is 25.8 Å². The quantitative estimate of drug-likeness (QED) is 0.295. The van der Waals surface area contributed by atoms with Crippen LogP contribution in [0.2, 0.25) is 13.1 Å². The normalized spacial score (nSPS) is 7.96. The third-order valence-corrected chi connectivity index (χ3v) is 2.55. The molecule has 23 heavy (non-hydrogen) atoms. The van der Waals surface area contributed by atoms with Crippen molar-refractivity contribution in [2.75, 3.05) is 0 Å². The van der Waals surface area contributed by atoms with Crippen LogP contribution in [0.5, 0.6) is 0 Å². The molecule has 0 bridgehead atoms. The van der Waals surface area contributed by atoms with Crippen LogP contribution in [-0.4, -0.2) is 15.4 Å². The summed E-state index contributed by atoms with van der Waals surface area (Å²) in [6.07, 6.45) is 3.52. The maximum atomic E-state index is 9.99. The Labute approximate surface area is 174 Å². The van der Waals surface area contributed by atoms with Gasteiger partial charge in [0, 0.05) is 15.4 Å². The minimum atomic E-state index is -0.432. The van der Waals surface area contributed by atoms with Crippen LogP contribution in [0.3, 0.4) is 0 Å². The second kappa shape index (κ2) is 22.0. The fourth-order valence-electron chi connectivity index (χ4n) is 1.61.